The third kappa shape index (κ3) is 5.23. The fourth-order valence-corrected chi connectivity index (χ4v) is 5.05. The van der Waals surface area contributed by atoms with Crippen LogP contribution in [-0.2, 0) is 18.9 Å². The van der Waals surface area contributed by atoms with Crippen LogP contribution in [0.15, 0.2) is 65.7 Å². The van der Waals surface area contributed by atoms with E-state index in [9.17, 15) is 4.39 Å². The molecule has 176 valence electrons. The second kappa shape index (κ2) is 11.2. The molecule has 4 rings (SSSR count). The first-order valence-corrected chi connectivity index (χ1v) is 12.2. The molecule has 0 aliphatic rings. The maximum atomic E-state index is 13.9. The van der Waals surface area contributed by atoms with Crippen LogP contribution in [0, 0.1) is 5.82 Å². The van der Waals surface area contributed by atoms with Gasteiger partial charge in [0.05, 0.1) is 25.5 Å². The van der Waals surface area contributed by atoms with Crippen molar-refractivity contribution in [3.05, 3.63) is 77.8 Å². The highest BCUT2D eigenvalue weighted by molar-refractivity contribution is 7.98. The summed E-state index contributed by atoms with van der Waals surface area (Å²) in [6.45, 7) is 4.42. The number of aromatic nitrogens is 4. The van der Waals surface area contributed by atoms with E-state index in [2.05, 4.69) is 16.8 Å². The molecule has 0 aliphatic heterocycles. The molecule has 0 radical (unpaired) electrons. The van der Waals surface area contributed by atoms with Gasteiger partial charge in [-0.05, 0) is 24.3 Å². The minimum absolute atomic E-state index is 0.0960. The Labute approximate surface area is 205 Å². The number of allylic oxidation sites excluding steroid dienone is 1. The number of methoxy groups -OCH3 is 2. The smallest absolute Gasteiger partial charge is 0.191 e. The lowest BCUT2D eigenvalue weighted by Crippen LogP contribution is -2.08. The molecule has 0 saturated carbocycles. The fraction of sp³-hybridized carbons (Fsp3) is 0.208. The Bertz CT molecular complexity index is 1270. The Morgan fingerprint density at radius 2 is 1.91 bits per heavy atom. The van der Waals surface area contributed by atoms with Crippen molar-refractivity contribution in [2.45, 2.75) is 24.1 Å². The molecule has 0 saturated heterocycles. The maximum absolute atomic E-state index is 13.9. The van der Waals surface area contributed by atoms with Crippen molar-refractivity contribution < 1.29 is 18.6 Å². The molecule has 4 aromatic rings. The number of ether oxygens (including phenoxy) is 3. The molecule has 0 atom stereocenters. The largest absolute Gasteiger partial charge is 0.493 e. The molecule has 2 aromatic heterocycles. The van der Waals surface area contributed by atoms with Gasteiger partial charge in [0.25, 0.3) is 0 Å². The van der Waals surface area contributed by atoms with E-state index in [0.29, 0.717) is 34.8 Å². The molecular formula is C24H23FN4O3S2. The Balaban J connectivity index is 1.47. The number of thiazole rings is 1. The first-order valence-electron chi connectivity index (χ1n) is 10.3. The molecule has 0 amide bonds. The summed E-state index contributed by atoms with van der Waals surface area (Å²) in [7, 11) is 3.23. The molecule has 0 unspecified atom stereocenters. The molecule has 2 aromatic carbocycles. The molecule has 0 bridgehead atoms. The summed E-state index contributed by atoms with van der Waals surface area (Å²) >= 11 is 3.05. The second-order valence-corrected chi connectivity index (χ2v) is 8.79. The van der Waals surface area contributed by atoms with Crippen LogP contribution < -0.4 is 14.2 Å². The van der Waals surface area contributed by atoms with E-state index in [1.807, 2.05) is 28.1 Å². The molecular weight excluding hydrogens is 475 g/mol. The fourth-order valence-electron chi connectivity index (χ4n) is 3.24. The first-order chi connectivity index (χ1) is 16.6. The molecule has 0 aliphatic carbocycles. The van der Waals surface area contributed by atoms with Crippen molar-refractivity contribution in [3.8, 4) is 27.8 Å². The second-order valence-electron chi connectivity index (χ2n) is 6.99. The number of rotatable bonds is 11. The summed E-state index contributed by atoms with van der Waals surface area (Å²) in [4.78, 5) is 4.77. The highest BCUT2D eigenvalue weighted by Crippen LogP contribution is 2.39. The lowest BCUT2D eigenvalue weighted by Gasteiger charge is -2.10. The Morgan fingerprint density at radius 1 is 1.09 bits per heavy atom. The van der Waals surface area contributed by atoms with Gasteiger partial charge in [0, 0.05) is 17.7 Å². The van der Waals surface area contributed by atoms with E-state index in [-0.39, 0.29) is 12.4 Å². The lowest BCUT2D eigenvalue weighted by atomic mass is 10.2. The zero-order valence-electron chi connectivity index (χ0n) is 18.7. The number of hydrogen-bond acceptors (Lipinski definition) is 8. The van der Waals surface area contributed by atoms with Gasteiger partial charge in [0.15, 0.2) is 34.0 Å². The molecule has 7 nitrogen and oxygen atoms in total. The van der Waals surface area contributed by atoms with Crippen LogP contribution in [0.3, 0.4) is 0 Å². The quantitative estimate of drug-likeness (QED) is 0.196. The van der Waals surface area contributed by atoms with Gasteiger partial charge in [-0.1, -0.05) is 36.0 Å². The van der Waals surface area contributed by atoms with Gasteiger partial charge < -0.3 is 14.2 Å². The SMILES string of the molecule is C=CCn1c(COc2ccccc2F)nnc1SCc1csc(-c2cccc(OC)c2OC)n1. The molecule has 34 heavy (non-hydrogen) atoms. The van der Waals surface area contributed by atoms with Crippen molar-refractivity contribution >= 4 is 23.1 Å². The van der Waals surface area contributed by atoms with Crippen LogP contribution in [0.25, 0.3) is 10.6 Å². The third-order valence-corrected chi connectivity index (χ3v) is 6.76. The summed E-state index contributed by atoms with van der Waals surface area (Å²) in [5, 5.41) is 12.1. The van der Waals surface area contributed by atoms with Gasteiger partial charge in [-0.2, -0.15) is 0 Å². The van der Waals surface area contributed by atoms with E-state index in [0.717, 1.165) is 16.3 Å². The predicted molar refractivity (Wildman–Crippen MR) is 131 cm³/mol. The van der Waals surface area contributed by atoms with Crippen LogP contribution in [0.4, 0.5) is 4.39 Å². The number of hydrogen-bond donors (Lipinski definition) is 0. The average Bonchev–Trinajstić information content (AvgIpc) is 3.49. The summed E-state index contributed by atoms with van der Waals surface area (Å²) in [5.41, 5.74) is 1.79. The van der Waals surface area contributed by atoms with E-state index >= 15 is 0 Å². The molecule has 0 fully saturated rings. The zero-order chi connectivity index (χ0) is 23.9. The topological polar surface area (TPSA) is 71.3 Å². The number of nitrogens with zero attached hydrogens (tertiary/aromatic N) is 4. The van der Waals surface area contributed by atoms with Crippen LogP contribution in [-0.4, -0.2) is 34.0 Å². The third-order valence-electron chi connectivity index (χ3n) is 4.83. The number of thioether (sulfide) groups is 1. The van der Waals surface area contributed by atoms with Gasteiger partial charge in [0.1, 0.15) is 11.6 Å². The number of halogens is 1. The lowest BCUT2D eigenvalue weighted by molar-refractivity contribution is 0.275. The van der Waals surface area contributed by atoms with Crippen molar-refractivity contribution in [2.75, 3.05) is 14.2 Å². The number of benzene rings is 2. The zero-order valence-corrected chi connectivity index (χ0v) is 20.4. The van der Waals surface area contributed by atoms with E-state index in [4.69, 9.17) is 19.2 Å². The molecule has 0 spiro atoms. The van der Waals surface area contributed by atoms with Gasteiger partial charge in [0.2, 0.25) is 0 Å². The molecule has 0 N–H and O–H groups in total. The Morgan fingerprint density at radius 3 is 2.68 bits per heavy atom. The van der Waals surface area contributed by atoms with Gasteiger partial charge >= 0.3 is 0 Å². The van der Waals surface area contributed by atoms with Crippen LogP contribution in [0.5, 0.6) is 17.2 Å². The first kappa shape index (κ1) is 23.8. The summed E-state index contributed by atoms with van der Waals surface area (Å²) in [6, 6.07) is 12.0. The van der Waals surface area contributed by atoms with Gasteiger partial charge in [-0.15, -0.1) is 28.1 Å². The Hall–Kier alpha value is -3.37. The van der Waals surface area contributed by atoms with Gasteiger partial charge in [-0.3, -0.25) is 4.57 Å². The van der Waals surface area contributed by atoms with E-state index in [1.165, 1.54) is 29.2 Å². The van der Waals surface area contributed by atoms with Crippen molar-refractivity contribution in [3.63, 3.8) is 0 Å². The standard InChI is InChI=1S/C24H23FN4O3S2/c1-4-12-29-21(13-32-19-10-6-5-9-18(19)25)27-28-24(29)34-15-16-14-33-23(26-16)17-8-7-11-20(30-2)22(17)31-3/h4-11,14H,1,12-13,15H2,2-3H3. The van der Waals surface area contributed by atoms with E-state index < -0.39 is 5.82 Å². The van der Waals surface area contributed by atoms with Crippen LogP contribution >= 0.6 is 23.1 Å². The number of para-hydroxylation sites is 2. The van der Waals surface area contributed by atoms with Gasteiger partial charge in [-0.25, -0.2) is 9.37 Å². The highest BCUT2D eigenvalue weighted by Gasteiger charge is 2.17. The highest BCUT2D eigenvalue weighted by atomic mass is 32.2. The summed E-state index contributed by atoms with van der Waals surface area (Å²) < 4.78 is 32.3. The Kier molecular flexibility index (Phi) is 7.81. The molecule has 10 heteroatoms. The van der Waals surface area contributed by atoms with Crippen molar-refractivity contribution in [2.24, 2.45) is 0 Å². The minimum Gasteiger partial charge on any atom is -0.493 e. The summed E-state index contributed by atoms with van der Waals surface area (Å²) in [5.74, 6) is 2.27. The van der Waals surface area contributed by atoms with Crippen LogP contribution in [0.1, 0.15) is 11.5 Å². The van der Waals surface area contributed by atoms with Crippen molar-refractivity contribution in [1.82, 2.24) is 19.7 Å². The monoisotopic (exact) mass is 498 g/mol. The minimum atomic E-state index is -0.418. The van der Waals surface area contributed by atoms with E-state index in [1.54, 1.807) is 38.5 Å². The van der Waals surface area contributed by atoms with Crippen LogP contribution in [0.2, 0.25) is 0 Å². The predicted octanol–water partition coefficient (Wildman–Crippen LogP) is 5.62. The molecule has 2 heterocycles. The average molecular weight is 499 g/mol. The maximum Gasteiger partial charge on any atom is 0.191 e. The normalized spacial score (nSPS) is 10.8. The summed E-state index contributed by atoms with van der Waals surface area (Å²) in [6.07, 6.45) is 1.76. The van der Waals surface area contributed by atoms with Crippen molar-refractivity contribution in [1.29, 1.82) is 0 Å².